The smallest absolute Gasteiger partial charge is 0.258 e. The van der Waals surface area contributed by atoms with Gasteiger partial charge in [-0.25, -0.2) is 9.37 Å². The minimum Gasteiger partial charge on any atom is -0.384 e. The Hall–Kier alpha value is -4.10. The van der Waals surface area contributed by atoms with Gasteiger partial charge in [0.15, 0.2) is 5.16 Å². The van der Waals surface area contributed by atoms with Crippen molar-refractivity contribution in [2.75, 3.05) is 10.6 Å². The first kappa shape index (κ1) is 19.8. The number of rotatable bonds is 3. The van der Waals surface area contributed by atoms with Crippen LogP contribution < -0.4 is 21.9 Å². The molecule has 0 saturated heterocycles. The van der Waals surface area contributed by atoms with Crippen molar-refractivity contribution in [2.45, 2.75) is 16.3 Å². The predicted molar refractivity (Wildman–Crippen MR) is 117 cm³/mol. The number of hydrogen-bond acceptors (Lipinski definition) is 7. The number of fused-ring (bicyclic) bond motifs is 4. The first-order valence-corrected chi connectivity index (χ1v) is 10.5. The highest BCUT2D eigenvalue weighted by molar-refractivity contribution is 7.98. The van der Waals surface area contributed by atoms with Crippen molar-refractivity contribution >= 4 is 29.2 Å². The molecule has 2 aliphatic heterocycles. The molecule has 0 bridgehead atoms. The van der Waals surface area contributed by atoms with Gasteiger partial charge in [-0.15, -0.1) is 0 Å². The largest absolute Gasteiger partial charge is 0.384 e. The molecule has 5 N–H and O–H groups in total. The Morgan fingerprint density at radius 3 is 2.75 bits per heavy atom. The second-order valence-electron chi connectivity index (χ2n) is 7.29. The maximum Gasteiger partial charge on any atom is 0.258 e. The van der Waals surface area contributed by atoms with Crippen molar-refractivity contribution in [1.82, 2.24) is 9.97 Å². The zero-order valence-corrected chi connectivity index (χ0v) is 17.2. The van der Waals surface area contributed by atoms with Gasteiger partial charge in [-0.3, -0.25) is 9.59 Å². The van der Waals surface area contributed by atoms with E-state index in [0.29, 0.717) is 17.0 Å². The second kappa shape index (κ2) is 7.25. The number of halogens is 1. The number of nitriles is 1. The second-order valence-corrected chi connectivity index (χ2v) is 8.25. The first-order chi connectivity index (χ1) is 15.4. The van der Waals surface area contributed by atoms with Crippen molar-refractivity contribution in [3.8, 4) is 6.07 Å². The molecule has 0 aliphatic carbocycles. The number of anilines is 2. The van der Waals surface area contributed by atoms with Gasteiger partial charge >= 0.3 is 0 Å². The number of amides is 1. The molecule has 3 aromatic rings. The van der Waals surface area contributed by atoms with E-state index in [2.05, 4.69) is 20.6 Å². The third kappa shape index (κ3) is 2.79. The minimum atomic E-state index is -1.71. The van der Waals surface area contributed by atoms with Crippen LogP contribution in [0.3, 0.4) is 0 Å². The van der Waals surface area contributed by atoms with Crippen molar-refractivity contribution in [3.63, 3.8) is 0 Å². The Kier molecular flexibility index (Phi) is 4.49. The Labute approximate surface area is 185 Å². The summed E-state index contributed by atoms with van der Waals surface area (Å²) in [5, 5.41) is 15.7. The summed E-state index contributed by atoms with van der Waals surface area (Å²) in [5.41, 5.74) is 5.45. The molecule has 0 radical (unpaired) electrons. The fourth-order valence-electron chi connectivity index (χ4n) is 4.15. The molecule has 1 aromatic heterocycles. The molecule has 1 atom stereocenters. The Morgan fingerprint density at radius 1 is 1.16 bits per heavy atom. The first-order valence-electron chi connectivity index (χ1n) is 9.55. The molecular weight excluding hydrogens is 431 g/mol. The number of H-pyrrole nitrogens is 1. The Bertz CT molecular complexity index is 1430. The molecule has 1 spiro atoms. The maximum atomic E-state index is 13.4. The van der Waals surface area contributed by atoms with Gasteiger partial charge in [0.2, 0.25) is 5.91 Å². The lowest BCUT2D eigenvalue weighted by molar-refractivity contribution is -0.118. The van der Waals surface area contributed by atoms with E-state index in [1.165, 1.54) is 23.9 Å². The van der Waals surface area contributed by atoms with E-state index in [9.17, 15) is 19.2 Å². The van der Waals surface area contributed by atoms with Crippen LogP contribution in [0, 0.1) is 17.1 Å². The van der Waals surface area contributed by atoms with E-state index in [1.807, 2.05) is 6.07 Å². The van der Waals surface area contributed by atoms with Crippen LogP contribution in [0.1, 0.15) is 16.7 Å². The van der Waals surface area contributed by atoms with E-state index in [-0.39, 0.29) is 33.7 Å². The van der Waals surface area contributed by atoms with Crippen molar-refractivity contribution in [2.24, 2.45) is 5.73 Å². The molecule has 3 heterocycles. The van der Waals surface area contributed by atoms with E-state index in [1.54, 1.807) is 36.4 Å². The van der Waals surface area contributed by atoms with Crippen LogP contribution in [0.4, 0.5) is 15.9 Å². The lowest BCUT2D eigenvalue weighted by Crippen LogP contribution is -2.47. The zero-order valence-electron chi connectivity index (χ0n) is 16.4. The van der Waals surface area contributed by atoms with Crippen LogP contribution in [0.15, 0.2) is 69.9 Å². The minimum absolute atomic E-state index is 0.000746. The monoisotopic (exact) mass is 446 g/mol. The topological polar surface area (TPSA) is 137 Å². The number of hydrogen-bond donors (Lipinski definition) is 4. The average molecular weight is 446 g/mol. The number of para-hydroxylation sites is 1. The van der Waals surface area contributed by atoms with Crippen LogP contribution in [-0.2, 0) is 16.0 Å². The summed E-state index contributed by atoms with van der Waals surface area (Å²) in [6, 6.07) is 15.0. The van der Waals surface area contributed by atoms with Gasteiger partial charge in [0, 0.05) is 17.0 Å². The summed E-state index contributed by atoms with van der Waals surface area (Å²) >= 11 is 1.20. The fraction of sp³-hybridized carbons (Fsp3) is 0.0909. The van der Waals surface area contributed by atoms with Gasteiger partial charge in [-0.1, -0.05) is 42.1 Å². The summed E-state index contributed by atoms with van der Waals surface area (Å²) in [6.07, 6.45) is 0. The summed E-state index contributed by atoms with van der Waals surface area (Å²) in [4.78, 5) is 33.7. The zero-order chi connectivity index (χ0) is 22.5. The van der Waals surface area contributed by atoms with Gasteiger partial charge in [-0.05, 0) is 23.8 Å². The number of benzene rings is 2. The van der Waals surface area contributed by atoms with Crippen LogP contribution >= 0.6 is 11.8 Å². The SMILES string of the molecule is N#CC1=C(N)Nc2nc(SCc3cccc(F)c3)[nH]c(=O)c2[C@]12C(=O)Nc1ccccc12. The summed E-state index contributed by atoms with van der Waals surface area (Å²) in [6.45, 7) is 0. The number of aromatic nitrogens is 2. The average Bonchev–Trinajstić information content (AvgIpc) is 3.04. The highest BCUT2D eigenvalue weighted by Crippen LogP contribution is 2.50. The molecule has 10 heteroatoms. The molecule has 2 aliphatic rings. The summed E-state index contributed by atoms with van der Waals surface area (Å²) in [5.74, 6) is -0.493. The number of nitrogens with zero attached hydrogens (tertiary/aromatic N) is 2. The number of aromatic amines is 1. The normalized spacial score (nSPS) is 18.6. The van der Waals surface area contributed by atoms with Crippen molar-refractivity contribution in [1.29, 1.82) is 5.26 Å². The van der Waals surface area contributed by atoms with Crippen molar-refractivity contribution < 1.29 is 9.18 Å². The molecule has 32 heavy (non-hydrogen) atoms. The number of thioether (sulfide) groups is 1. The summed E-state index contributed by atoms with van der Waals surface area (Å²) in [7, 11) is 0. The Balaban J connectivity index is 1.65. The lowest BCUT2D eigenvalue weighted by atomic mass is 9.69. The highest BCUT2D eigenvalue weighted by Gasteiger charge is 2.57. The van der Waals surface area contributed by atoms with Gasteiger partial charge in [0.05, 0.1) is 11.1 Å². The van der Waals surface area contributed by atoms with Crippen molar-refractivity contribution in [3.05, 3.63) is 92.8 Å². The summed E-state index contributed by atoms with van der Waals surface area (Å²) < 4.78 is 13.4. The lowest BCUT2D eigenvalue weighted by Gasteiger charge is -2.33. The number of nitrogens with two attached hydrogens (primary N) is 1. The van der Waals surface area contributed by atoms with Crippen LogP contribution in [-0.4, -0.2) is 15.9 Å². The van der Waals surface area contributed by atoms with Crippen LogP contribution in [0.25, 0.3) is 0 Å². The number of nitrogens with one attached hydrogen (secondary N) is 3. The molecular formula is C22H15FN6O2S. The van der Waals surface area contributed by atoms with E-state index < -0.39 is 16.9 Å². The fourth-order valence-corrected chi connectivity index (χ4v) is 4.96. The van der Waals surface area contributed by atoms with Crippen LogP contribution in [0.5, 0.6) is 0 Å². The molecule has 0 unspecified atom stereocenters. The molecule has 0 saturated carbocycles. The number of carbonyl (C=O) groups excluding carboxylic acids is 1. The molecule has 8 nitrogen and oxygen atoms in total. The van der Waals surface area contributed by atoms with Crippen LogP contribution in [0.2, 0.25) is 0 Å². The quantitative estimate of drug-likeness (QED) is 0.358. The van der Waals surface area contributed by atoms with Gasteiger partial charge < -0.3 is 21.4 Å². The third-order valence-electron chi connectivity index (χ3n) is 5.47. The van der Waals surface area contributed by atoms with E-state index in [0.717, 1.165) is 5.56 Å². The van der Waals surface area contributed by atoms with E-state index in [4.69, 9.17) is 5.73 Å². The van der Waals surface area contributed by atoms with Gasteiger partial charge in [0.25, 0.3) is 5.56 Å². The maximum absolute atomic E-state index is 13.4. The van der Waals surface area contributed by atoms with Gasteiger partial charge in [0.1, 0.15) is 28.9 Å². The molecule has 2 aromatic carbocycles. The Morgan fingerprint density at radius 2 is 1.97 bits per heavy atom. The highest BCUT2D eigenvalue weighted by atomic mass is 32.2. The van der Waals surface area contributed by atoms with Gasteiger partial charge in [-0.2, -0.15) is 5.26 Å². The standard InChI is InChI=1S/C22H15FN6O2S/c23-12-5-3-4-11(8-12)10-32-21-28-18-16(19(30)29-21)22(14(9-24)17(25)27-18)13-6-1-2-7-15(13)26-20(22)31/h1-8H,10,25H2,(H,26,31)(H2,27,28,29,30)/t22-/m1/s1. The molecule has 158 valence electrons. The molecule has 5 rings (SSSR count). The third-order valence-corrected chi connectivity index (χ3v) is 6.41. The molecule has 1 amide bonds. The number of carbonyl (C=O) groups is 1. The predicted octanol–water partition coefficient (Wildman–Crippen LogP) is 2.56. The molecule has 0 fully saturated rings. The van der Waals surface area contributed by atoms with E-state index >= 15 is 0 Å².